The van der Waals surface area contributed by atoms with Gasteiger partial charge in [-0.1, -0.05) is 36.4 Å². The first-order chi connectivity index (χ1) is 15.6. The van der Waals surface area contributed by atoms with E-state index < -0.39 is 11.6 Å². The molecule has 4 rings (SSSR count). The second-order valence-electron chi connectivity index (χ2n) is 9.08. The van der Waals surface area contributed by atoms with Gasteiger partial charge >= 0.3 is 0 Å². The van der Waals surface area contributed by atoms with E-state index in [1.165, 1.54) is 44.8 Å². The Kier molecular flexibility index (Phi) is 7.24. The van der Waals surface area contributed by atoms with Crippen molar-refractivity contribution in [3.05, 3.63) is 89.5 Å². The number of fused-ring (bicyclic) bond motifs is 1. The van der Waals surface area contributed by atoms with Crippen LogP contribution in [0.4, 0.5) is 8.78 Å². The van der Waals surface area contributed by atoms with E-state index in [4.69, 9.17) is 4.74 Å². The smallest absolute Gasteiger partial charge is 0.167 e. The van der Waals surface area contributed by atoms with Crippen molar-refractivity contribution in [1.82, 2.24) is 0 Å². The first-order valence-electron chi connectivity index (χ1n) is 11.7. The number of aryl methyl sites for hydroxylation is 2. The number of rotatable bonds is 8. The molecule has 0 atom stereocenters. The lowest BCUT2D eigenvalue weighted by Crippen LogP contribution is -2.13. The zero-order valence-corrected chi connectivity index (χ0v) is 18.9. The fraction of sp³-hybridized carbons (Fsp3) is 0.379. The molecule has 3 aromatic carbocycles. The SMILES string of the molecule is C=CCCC1CCC(c2ccc(CCc3cc4ccc(OC)cc4c(F)c3F)cc2)CC1. The number of benzene rings is 3. The van der Waals surface area contributed by atoms with E-state index in [0.717, 1.165) is 17.9 Å². The monoisotopic (exact) mass is 434 g/mol. The van der Waals surface area contributed by atoms with Crippen LogP contribution in [0.5, 0.6) is 5.75 Å². The van der Waals surface area contributed by atoms with Gasteiger partial charge < -0.3 is 4.74 Å². The van der Waals surface area contributed by atoms with Gasteiger partial charge in [0.05, 0.1) is 7.11 Å². The summed E-state index contributed by atoms with van der Waals surface area (Å²) in [5, 5.41) is 0.952. The predicted octanol–water partition coefficient (Wildman–Crippen LogP) is 8.15. The number of hydrogen-bond acceptors (Lipinski definition) is 1. The van der Waals surface area contributed by atoms with Crippen molar-refractivity contribution in [1.29, 1.82) is 0 Å². The van der Waals surface area contributed by atoms with Crippen LogP contribution >= 0.6 is 0 Å². The average molecular weight is 435 g/mol. The highest BCUT2D eigenvalue weighted by Crippen LogP contribution is 2.37. The minimum atomic E-state index is -0.796. The van der Waals surface area contributed by atoms with Crippen LogP contribution in [0.3, 0.4) is 0 Å². The Balaban J connectivity index is 1.39. The topological polar surface area (TPSA) is 9.23 Å². The minimum Gasteiger partial charge on any atom is -0.497 e. The number of halogens is 2. The molecule has 32 heavy (non-hydrogen) atoms. The standard InChI is InChI=1S/C29H32F2O/c1-3-4-5-20-6-11-22(12-7-20)23-13-8-21(9-14-23)10-15-25-18-24-16-17-26(32-2)19-27(24)29(31)28(25)30/h3,8-9,13-14,16-20,22H,1,4-7,10-12,15H2,2H3. The molecule has 1 aliphatic carbocycles. The Morgan fingerprint density at radius 2 is 1.69 bits per heavy atom. The van der Waals surface area contributed by atoms with Crippen LogP contribution in [0.1, 0.15) is 61.1 Å². The van der Waals surface area contributed by atoms with Crippen molar-refractivity contribution in [2.75, 3.05) is 7.11 Å². The quantitative estimate of drug-likeness (QED) is 0.325. The van der Waals surface area contributed by atoms with Crippen molar-refractivity contribution in [2.45, 2.75) is 57.3 Å². The molecule has 0 N–H and O–H groups in total. The van der Waals surface area contributed by atoms with Gasteiger partial charge in [-0.25, -0.2) is 8.78 Å². The molecule has 0 radical (unpaired) electrons. The molecule has 0 heterocycles. The summed E-state index contributed by atoms with van der Waals surface area (Å²) in [6.07, 6.45) is 10.7. The van der Waals surface area contributed by atoms with Gasteiger partial charge in [0.25, 0.3) is 0 Å². The fourth-order valence-electron chi connectivity index (χ4n) is 5.04. The summed E-state index contributed by atoms with van der Waals surface area (Å²) >= 11 is 0. The first kappa shape index (κ1) is 22.5. The highest BCUT2D eigenvalue weighted by Gasteiger charge is 2.22. The summed E-state index contributed by atoms with van der Waals surface area (Å²) in [5.74, 6) is 0.467. The summed E-state index contributed by atoms with van der Waals surface area (Å²) in [7, 11) is 1.52. The molecule has 0 bridgehead atoms. The van der Waals surface area contributed by atoms with E-state index in [-0.39, 0.29) is 5.39 Å². The van der Waals surface area contributed by atoms with E-state index in [9.17, 15) is 8.78 Å². The molecule has 0 aliphatic heterocycles. The van der Waals surface area contributed by atoms with Gasteiger partial charge in [0, 0.05) is 5.39 Å². The molecule has 3 heteroatoms. The van der Waals surface area contributed by atoms with Crippen LogP contribution in [0, 0.1) is 17.6 Å². The Hall–Kier alpha value is -2.68. The Morgan fingerprint density at radius 3 is 2.38 bits per heavy atom. The maximum Gasteiger partial charge on any atom is 0.167 e. The van der Waals surface area contributed by atoms with E-state index >= 15 is 0 Å². The molecule has 1 aliphatic rings. The summed E-state index contributed by atoms with van der Waals surface area (Å²) in [5.41, 5.74) is 2.98. The van der Waals surface area contributed by atoms with Crippen molar-refractivity contribution in [3.63, 3.8) is 0 Å². The highest BCUT2D eigenvalue weighted by molar-refractivity contribution is 5.85. The second-order valence-corrected chi connectivity index (χ2v) is 9.08. The van der Waals surface area contributed by atoms with Crippen molar-refractivity contribution in [2.24, 2.45) is 5.92 Å². The summed E-state index contributed by atoms with van der Waals surface area (Å²) in [6.45, 7) is 3.84. The van der Waals surface area contributed by atoms with Crippen molar-refractivity contribution in [3.8, 4) is 5.75 Å². The summed E-state index contributed by atoms with van der Waals surface area (Å²) in [4.78, 5) is 0. The Labute approximate surface area is 190 Å². The minimum absolute atomic E-state index is 0.258. The number of allylic oxidation sites excluding steroid dienone is 1. The molecule has 0 spiro atoms. The average Bonchev–Trinajstić information content (AvgIpc) is 2.84. The van der Waals surface area contributed by atoms with Gasteiger partial charge in [-0.05, 0) is 103 Å². The molecular weight excluding hydrogens is 402 g/mol. The molecule has 168 valence electrons. The van der Waals surface area contributed by atoms with Gasteiger partial charge in [-0.2, -0.15) is 0 Å². The first-order valence-corrected chi connectivity index (χ1v) is 11.7. The third kappa shape index (κ3) is 5.03. The molecule has 1 saturated carbocycles. The van der Waals surface area contributed by atoms with Crippen LogP contribution in [-0.4, -0.2) is 7.11 Å². The molecular formula is C29H32F2O. The number of hydrogen-bond donors (Lipinski definition) is 0. The van der Waals surface area contributed by atoms with E-state index in [0.29, 0.717) is 35.5 Å². The van der Waals surface area contributed by atoms with Crippen LogP contribution in [0.25, 0.3) is 10.8 Å². The molecule has 0 amide bonds. The van der Waals surface area contributed by atoms with E-state index in [1.54, 1.807) is 24.3 Å². The fourth-order valence-corrected chi connectivity index (χ4v) is 5.04. The van der Waals surface area contributed by atoms with E-state index in [2.05, 4.69) is 30.8 Å². The normalized spacial score (nSPS) is 18.6. The predicted molar refractivity (Wildman–Crippen MR) is 128 cm³/mol. The van der Waals surface area contributed by atoms with Crippen LogP contribution in [-0.2, 0) is 12.8 Å². The van der Waals surface area contributed by atoms with Crippen LogP contribution in [0.2, 0.25) is 0 Å². The van der Waals surface area contributed by atoms with Crippen molar-refractivity contribution >= 4 is 10.8 Å². The van der Waals surface area contributed by atoms with Gasteiger partial charge in [-0.3, -0.25) is 0 Å². The molecule has 0 aromatic heterocycles. The highest BCUT2D eigenvalue weighted by atomic mass is 19.2. The molecule has 0 unspecified atom stereocenters. The second kappa shape index (κ2) is 10.3. The van der Waals surface area contributed by atoms with Crippen molar-refractivity contribution < 1.29 is 13.5 Å². The van der Waals surface area contributed by atoms with Gasteiger partial charge in [0.1, 0.15) is 5.75 Å². The largest absolute Gasteiger partial charge is 0.497 e. The molecule has 0 saturated heterocycles. The maximum absolute atomic E-state index is 14.7. The third-order valence-electron chi connectivity index (χ3n) is 7.06. The Morgan fingerprint density at radius 1 is 0.938 bits per heavy atom. The Bertz CT molecular complexity index is 1060. The maximum atomic E-state index is 14.7. The summed E-state index contributed by atoms with van der Waals surface area (Å²) < 4.78 is 34.4. The zero-order valence-electron chi connectivity index (χ0n) is 18.9. The molecule has 1 nitrogen and oxygen atoms in total. The molecule has 1 fully saturated rings. The zero-order chi connectivity index (χ0) is 22.5. The summed E-state index contributed by atoms with van der Waals surface area (Å²) in [6, 6.07) is 15.6. The molecule has 3 aromatic rings. The number of methoxy groups -OCH3 is 1. The van der Waals surface area contributed by atoms with Gasteiger partial charge in [0.15, 0.2) is 11.6 Å². The lowest BCUT2D eigenvalue weighted by molar-refractivity contribution is 0.312. The van der Waals surface area contributed by atoms with Crippen LogP contribution in [0.15, 0.2) is 61.2 Å². The lowest BCUT2D eigenvalue weighted by Gasteiger charge is -2.28. The van der Waals surface area contributed by atoms with Gasteiger partial charge in [0.2, 0.25) is 0 Å². The van der Waals surface area contributed by atoms with E-state index in [1.807, 2.05) is 6.08 Å². The van der Waals surface area contributed by atoms with Gasteiger partial charge in [-0.15, -0.1) is 6.58 Å². The third-order valence-corrected chi connectivity index (χ3v) is 7.06. The lowest BCUT2D eigenvalue weighted by atomic mass is 9.77. The van der Waals surface area contributed by atoms with Crippen LogP contribution < -0.4 is 4.74 Å². The number of ether oxygens (including phenoxy) is 1.